The molecule has 0 bridgehead atoms. The van der Waals surface area contributed by atoms with Gasteiger partial charge in [0.15, 0.2) is 0 Å². The zero-order valence-electron chi connectivity index (χ0n) is 10.2. The van der Waals surface area contributed by atoms with Gasteiger partial charge in [-0.2, -0.15) is 9.97 Å². The molecule has 17 heavy (non-hydrogen) atoms. The molecule has 1 atom stereocenters. The fraction of sp³-hybridized carbons (Fsp3) is 0.636. The van der Waals surface area contributed by atoms with Crippen LogP contribution in [-0.2, 0) is 0 Å². The van der Waals surface area contributed by atoms with Crippen molar-refractivity contribution in [2.75, 3.05) is 39.2 Å². The third kappa shape index (κ3) is 3.20. The van der Waals surface area contributed by atoms with Gasteiger partial charge in [0.25, 0.3) is 0 Å². The minimum atomic E-state index is 0.504. The van der Waals surface area contributed by atoms with E-state index >= 15 is 0 Å². The maximum Gasteiger partial charge on any atom is 0.229 e. The van der Waals surface area contributed by atoms with Gasteiger partial charge in [0.1, 0.15) is 0 Å². The van der Waals surface area contributed by atoms with Gasteiger partial charge >= 0.3 is 0 Å². The maximum atomic E-state index is 5.09. The van der Waals surface area contributed by atoms with Crippen molar-refractivity contribution in [2.45, 2.75) is 6.42 Å². The summed E-state index contributed by atoms with van der Waals surface area (Å²) < 4.78 is 10.2. The molecule has 2 heterocycles. The quantitative estimate of drug-likeness (QED) is 0.779. The van der Waals surface area contributed by atoms with Gasteiger partial charge in [-0.15, -0.1) is 0 Å². The van der Waals surface area contributed by atoms with E-state index < -0.39 is 0 Å². The number of nitrogens with one attached hydrogen (secondary N) is 2. The van der Waals surface area contributed by atoms with E-state index in [1.807, 2.05) is 0 Å². The summed E-state index contributed by atoms with van der Waals surface area (Å²) in [6, 6.07) is 1.66. The number of methoxy groups -OCH3 is 2. The van der Waals surface area contributed by atoms with E-state index in [1.165, 1.54) is 6.42 Å². The summed E-state index contributed by atoms with van der Waals surface area (Å²) in [4.78, 5) is 8.43. The fourth-order valence-corrected chi connectivity index (χ4v) is 1.82. The lowest BCUT2D eigenvalue weighted by molar-refractivity contribution is 0.372. The average molecular weight is 238 g/mol. The predicted molar refractivity (Wildman–Crippen MR) is 64.6 cm³/mol. The molecule has 1 aliphatic rings. The Hall–Kier alpha value is -1.56. The summed E-state index contributed by atoms with van der Waals surface area (Å²) in [6.45, 7) is 3.01. The number of aromatic nitrogens is 2. The van der Waals surface area contributed by atoms with Gasteiger partial charge in [-0.3, -0.25) is 0 Å². The smallest absolute Gasteiger partial charge is 0.229 e. The molecular formula is C11H18N4O2. The second kappa shape index (κ2) is 5.67. The molecule has 1 aromatic heterocycles. The molecule has 94 valence electrons. The van der Waals surface area contributed by atoms with Gasteiger partial charge in [-0.25, -0.2) is 0 Å². The second-order valence-corrected chi connectivity index (χ2v) is 4.02. The van der Waals surface area contributed by atoms with Crippen LogP contribution < -0.4 is 20.1 Å². The third-order valence-corrected chi connectivity index (χ3v) is 2.81. The molecule has 0 aromatic carbocycles. The molecule has 1 saturated heterocycles. The van der Waals surface area contributed by atoms with Crippen molar-refractivity contribution < 1.29 is 9.47 Å². The van der Waals surface area contributed by atoms with Crippen molar-refractivity contribution in [3.8, 4) is 11.8 Å². The maximum absolute atomic E-state index is 5.09. The Morgan fingerprint density at radius 3 is 2.59 bits per heavy atom. The molecule has 0 radical (unpaired) electrons. The summed E-state index contributed by atoms with van der Waals surface area (Å²) in [5.74, 6) is 2.19. The van der Waals surface area contributed by atoms with Gasteiger partial charge < -0.3 is 20.1 Å². The number of nitrogens with zero attached hydrogens (tertiary/aromatic N) is 2. The Bertz CT molecular complexity index is 344. The van der Waals surface area contributed by atoms with Gasteiger partial charge in [0.05, 0.1) is 20.3 Å². The number of rotatable bonds is 5. The first-order chi connectivity index (χ1) is 8.31. The summed E-state index contributed by atoms with van der Waals surface area (Å²) in [5.41, 5.74) is 0. The van der Waals surface area contributed by atoms with Crippen LogP contribution in [0.3, 0.4) is 0 Å². The average Bonchev–Trinajstić information content (AvgIpc) is 2.89. The molecule has 6 nitrogen and oxygen atoms in total. The Balaban J connectivity index is 1.98. The van der Waals surface area contributed by atoms with Crippen molar-refractivity contribution in [3.05, 3.63) is 6.07 Å². The monoisotopic (exact) mass is 238 g/mol. The summed E-state index contributed by atoms with van der Waals surface area (Å²) in [6.07, 6.45) is 1.19. The lowest BCUT2D eigenvalue weighted by Gasteiger charge is -2.11. The van der Waals surface area contributed by atoms with Crippen LogP contribution in [0, 0.1) is 5.92 Å². The highest BCUT2D eigenvalue weighted by Crippen LogP contribution is 2.18. The molecule has 0 saturated carbocycles. The normalized spacial score (nSPS) is 19.1. The molecule has 1 aromatic rings. The van der Waals surface area contributed by atoms with Crippen molar-refractivity contribution in [3.63, 3.8) is 0 Å². The molecule has 1 aliphatic heterocycles. The summed E-state index contributed by atoms with van der Waals surface area (Å²) >= 11 is 0. The summed E-state index contributed by atoms with van der Waals surface area (Å²) in [5, 5.41) is 6.54. The third-order valence-electron chi connectivity index (χ3n) is 2.81. The number of hydrogen-bond acceptors (Lipinski definition) is 6. The molecule has 1 unspecified atom stereocenters. The van der Waals surface area contributed by atoms with E-state index in [2.05, 4.69) is 20.6 Å². The zero-order valence-corrected chi connectivity index (χ0v) is 10.2. The van der Waals surface area contributed by atoms with Crippen LogP contribution in [-0.4, -0.2) is 43.8 Å². The first kappa shape index (κ1) is 11.9. The molecule has 0 aliphatic carbocycles. The van der Waals surface area contributed by atoms with Crippen molar-refractivity contribution in [2.24, 2.45) is 5.92 Å². The Kier molecular flexibility index (Phi) is 3.98. The topological polar surface area (TPSA) is 68.3 Å². The minimum Gasteiger partial charge on any atom is -0.481 e. The summed E-state index contributed by atoms with van der Waals surface area (Å²) in [7, 11) is 3.15. The van der Waals surface area contributed by atoms with E-state index in [9.17, 15) is 0 Å². The minimum absolute atomic E-state index is 0.504. The number of hydrogen-bond donors (Lipinski definition) is 2. The van der Waals surface area contributed by atoms with Crippen LogP contribution in [0.4, 0.5) is 5.95 Å². The first-order valence-corrected chi connectivity index (χ1v) is 5.73. The number of anilines is 1. The van der Waals surface area contributed by atoms with Crippen LogP contribution in [0.15, 0.2) is 6.07 Å². The largest absolute Gasteiger partial charge is 0.481 e. The van der Waals surface area contributed by atoms with E-state index in [1.54, 1.807) is 20.3 Å². The van der Waals surface area contributed by atoms with Gasteiger partial charge in [0.2, 0.25) is 17.7 Å². The first-order valence-electron chi connectivity index (χ1n) is 5.73. The van der Waals surface area contributed by atoms with Crippen LogP contribution in [0.25, 0.3) is 0 Å². The molecule has 0 amide bonds. The second-order valence-electron chi connectivity index (χ2n) is 4.02. The van der Waals surface area contributed by atoms with Crippen LogP contribution in [0.1, 0.15) is 6.42 Å². The lowest BCUT2D eigenvalue weighted by Crippen LogP contribution is -2.18. The van der Waals surface area contributed by atoms with Crippen molar-refractivity contribution in [1.82, 2.24) is 15.3 Å². The Morgan fingerprint density at radius 1 is 1.35 bits per heavy atom. The fourth-order valence-electron chi connectivity index (χ4n) is 1.82. The standard InChI is InChI=1S/C11H18N4O2/c1-16-9-5-10(17-2)15-11(14-9)13-7-8-3-4-12-6-8/h5,8,12H,3-4,6-7H2,1-2H3,(H,13,14,15). The van der Waals surface area contributed by atoms with Gasteiger partial charge in [0, 0.05) is 6.54 Å². The number of ether oxygens (including phenoxy) is 2. The van der Waals surface area contributed by atoms with E-state index in [0.29, 0.717) is 23.6 Å². The Morgan fingerprint density at radius 2 is 2.06 bits per heavy atom. The van der Waals surface area contributed by atoms with Gasteiger partial charge in [-0.1, -0.05) is 0 Å². The van der Waals surface area contributed by atoms with Crippen LogP contribution >= 0.6 is 0 Å². The lowest BCUT2D eigenvalue weighted by atomic mass is 10.1. The molecule has 0 spiro atoms. The molecule has 2 N–H and O–H groups in total. The molecular weight excluding hydrogens is 220 g/mol. The van der Waals surface area contributed by atoms with Gasteiger partial charge in [-0.05, 0) is 25.4 Å². The van der Waals surface area contributed by atoms with E-state index in [0.717, 1.165) is 19.6 Å². The highest BCUT2D eigenvalue weighted by Gasteiger charge is 2.14. The Labute approximate surface area is 101 Å². The van der Waals surface area contributed by atoms with Crippen LogP contribution in [0.2, 0.25) is 0 Å². The SMILES string of the molecule is COc1cc(OC)nc(NCC2CCNC2)n1. The zero-order chi connectivity index (χ0) is 12.1. The van der Waals surface area contributed by atoms with E-state index in [-0.39, 0.29) is 0 Å². The molecule has 1 fully saturated rings. The molecule has 6 heteroatoms. The highest BCUT2D eigenvalue weighted by atomic mass is 16.5. The van der Waals surface area contributed by atoms with Crippen LogP contribution in [0.5, 0.6) is 11.8 Å². The van der Waals surface area contributed by atoms with Crippen molar-refractivity contribution >= 4 is 5.95 Å². The predicted octanol–water partition coefficient (Wildman–Crippen LogP) is 0.515. The van der Waals surface area contributed by atoms with Crippen molar-refractivity contribution in [1.29, 1.82) is 0 Å². The molecule has 2 rings (SSSR count). The van der Waals surface area contributed by atoms with E-state index in [4.69, 9.17) is 9.47 Å². The highest BCUT2D eigenvalue weighted by molar-refractivity contribution is 5.33.